The van der Waals surface area contributed by atoms with Gasteiger partial charge in [0.15, 0.2) is 0 Å². The molecule has 1 aromatic carbocycles. The van der Waals surface area contributed by atoms with Crippen molar-refractivity contribution >= 4 is 0 Å². The van der Waals surface area contributed by atoms with Crippen LogP contribution in [-0.2, 0) is 11.2 Å². The van der Waals surface area contributed by atoms with Gasteiger partial charge >= 0.3 is 0 Å². The van der Waals surface area contributed by atoms with Gasteiger partial charge in [-0.15, -0.1) is 0 Å². The third kappa shape index (κ3) is 2.61. The second-order valence-corrected chi connectivity index (χ2v) is 5.11. The summed E-state index contributed by atoms with van der Waals surface area (Å²) in [7, 11) is 0. The molecule has 1 saturated heterocycles. The molecule has 17 heavy (non-hydrogen) atoms. The van der Waals surface area contributed by atoms with Crippen LogP contribution >= 0.6 is 0 Å². The minimum absolute atomic E-state index is 0.171. The summed E-state index contributed by atoms with van der Waals surface area (Å²) in [6.45, 7) is 1.47. The Balaban J connectivity index is 1.73. The van der Waals surface area contributed by atoms with E-state index in [1.165, 1.54) is 0 Å². The first kappa shape index (κ1) is 11.1. The molecule has 1 heterocycles. The number of benzene rings is 1. The molecular weight excluding hydrogens is 216 g/mol. The molecule has 92 valence electrons. The average Bonchev–Trinajstić information content (AvgIpc) is 2.85. The number of aliphatic hydroxyl groups is 1. The summed E-state index contributed by atoms with van der Waals surface area (Å²) >= 11 is 0. The predicted octanol–water partition coefficient (Wildman–Crippen LogP) is 1.92. The van der Waals surface area contributed by atoms with Gasteiger partial charge in [-0.3, -0.25) is 0 Å². The van der Waals surface area contributed by atoms with Crippen molar-refractivity contribution in [2.45, 2.75) is 37.4 Å². The first-order valence-corrected chi connectivity index (χ1v) is 6.30. The van der Waals surface area contributed by atoms with Crippen molar-refractivity contribution in [2.24, 2.45) is 0 Å². The summed E-state index contributed by atoms with van der Waals surface area (Å²) in [5.41, 5.74) is 0.644. The van der Waals surface area contributed by atoms with Crippen LogP contribution in [0, 0.1) is 0 Å². The van der Waals surface area contributed by atoms with E-state index in [-0.39, 0.29) is 6.10 Å². The Hall–Kier alpha value is -1.06. The molecule has 2 fully saturated rings. The molecule has 1 saturated carbocycles. The fraction of sp³-hybridized carbons (Fsp3) is 0.571. The van der Waals surface area contributed by atoms with E-state index in [0.29, 0.717) is 13.0 Å². The second kappa shape index (κ2) is 4.31. The molecule has 0 bridgehead atoms. The first-order chi connectivity index (χ1) is 8.25. The Morgan fingerprint density at radius 1 is 1.35 bits per heavy atom. The Bertz CT molecular complexity index is 392. The Kier molecular flexibility index (Phi) is 2.81. The van der Waals surface area contributed by atoms with Crippen LogP contribution in [0.5, 0.6) is 5.75 Å². The zero-order chi connectivity index (χ0) is 11.7. The van der Waals surface area contributed by atoms with E-state index in [2.05, 4.69) is 0 Å². The van der Waals surface area contributed by atoms with Gasteiger partial charge in [-0.1, -0.05) is 18.2 Å². The lowest BCUT2D eigenvalue weighted by Crippen LogP contribution is -2.18. The molecule has 0 amide bonds. The highest BCUT2D eigenvalue weighted by Crippen LogP contribution is 2.40. The number of para-hydroxylation sites is 1. The lowest BCUT2D eigenvalue weighted by atomic mass is 10.1. The van der Waals surface area contributed by atoms with E-state index in [0.717, 1.165) is 37.2 Å². The standard InChI is InChI=1S/C14H18O3/c15-14(6-7-14)9-11-3-1-2-4-13(11)17-12-5-8-16-10-12/h1-4,12,15H,5-10H2. The maximum absolute atomic E-state index is 9.99. The topological polar surface area (TPSA) is 38.7 Å². The maximum atomic E-state index is 9.99. The quantitative estimate of drug-likeness (QED) is 0.865. The molecule has 1 N–H and O–H groups in total. The summed E-state index contributed by atoms with van der Waals surface area (Å²) in [6, 6.07) is 8.01. The predicted molar refractivity (Wildman–Crippen MR) is 64.2 cm³/mol. The van der Waals surface area contributed by atoms with Gasteiger partial charge in [-0.2, -0.15) is 0 Å². The van der Waals surface area contributed by atoms with Gasteiger partial charge in [0.1, 0.15) is 11.9 Å². The molecule has 1 aromatic rings. The van der Waals surface area contributed by atoms with Crippen LogP contribution in [0.25, 0.3) is 0 Å². The van der Waals surface area contributed by atoms with Gasteiger partial charge < -0.3 is 14.6 Å². The minimum Gasteiger partial charge on any atom is -0.488 e. The van der Waals surface area contributed by atoms with Gasteiger partial charge in [0.2, 0.25) is 0 Å². The van der Waals surface area contributed by atoms with Crippen molar-refractivity contribution in [3.8, 4) is 5.75 Å². The Morgan fingerprint density at radius 3 is 2.88 bits per heavy atom. The van der Waals surface area contributed by atoms with Crippen molar-refractivity contribution in [3.63, 3.8) is 0 Å². The van der Waals surface area contributed by atoms with Crippen LogP contribution in [0.1, 0.15) is 24.8 Å². The van der Waals surface area contributed by atoms with Crippen LogP contribution in [0.4, 0.5) is 0 Å². The van der Waals surface area contributed by atoms with Crippen LogP contribution in [-0.4, -0.2) is 30.0 Å². The molecule has 0 aromatic heterocycles. The smallest absolute Gasteiger partial charge is 0.124 e. The summed E-state index contributed by atoms with van der Waals surface area (Å²) < 4.78 is 11.3. The molecule has 2 aliphatic rings. The molecule has 1 unspecified atom stereocenters. The zero-order valence-corrected chi connectivity index (χ0v) is 9.89. The highest BCUT2D eigenvalue weighted by Gasteiger charge is 2.40. The molecule has 0 spiro atoms. The zero-order valence-electron chi connectivity index (χ0n) is 9.89. The molecule has 3 nitrogen and oxygen atoms in total. The van der Waals surface area contributed by atoms with E-state index in [9.17, 15) is 5.11 Å². The molecule has 1 atom stereocenters. The third-order valence-corrected chi connectivity index (χ3v) is 3.50. The summed E-state index contributed by atoms with van der Waals surface area (Å²) in [6.07, 6.45) is 3.65. The van der Waals surface area contributed by atoms with E-state index in [1.54, 1.807) is 0 Å². The fourth-order valence-electron chi connectivity index (χ4n) is 2.23. The van der Waals surface area contributed by atoms with Crippen LogP contribution < -0.4 is 4.74 Å². The minimum atomic E-state index is -0.467. The van der Waals surface area contributed by atoms with Gasteiger partial charge in [0.05, 0.1) is 18.8 Å². The van der Waals surface area contributed by atoms with Gasteiger partial charge in [0.25, 0.3) is 0 Å². The summed E-state index contributed by atoms with van der Waals surface area (Å²) in [4.78, 5) is 0. The molecule has 3 heteroatoms. The van der Waals surface area contributed by atoms with Crippen molar-refractivity contribution in [2.75, 3.05) is 13.2 Å². The summed E-state index contributed by atoms with van der Waals surface area (Å²) in [5.74, 6) is 0.906. The third-order valence-electron chi connectivity index (χ3n) is 3.50. The Labute approximate surface area is 101 Å². The molecule has 0 radical (unpaired) electrons. The first-order valence-electron chi connectivity index (χ1n) is 6.30. The highest BCUT2D eigenvalue weighted by atomic mass is 16.5. The average molecular weight is 234 g/mol. The van der Waals surface area contributed by atoms with E-state index >= 15 is 0 Å². The van der Waals surface area contributed by atoms with Gasteiger partial charge in [-0.25, -0.2) is 0 Å². The maximum Gasteiger partial charge on any atom is 0.124 e. The molecule has 1 aliphatic carbocycles. The molecule has 3 rings (SSSR count). The lowest BCUT2D eigenvalue weighted by molar-refractivity contribution is 0.134. The van der Waals surface area contributed by atoms with Crippen LogP contribution in [0.3, 0.4) is 0 Å². The SMILES string of the molecule is OC1(Cc2ccccc2OC2CCOC2)CC1. The van der Waals surface area contributed by atoms with E-state index in [4.69, 9.17) is 9.47 Å². The highest BCUT2D eigenvalue weighted by molar-refractivity contribution is 5.35. The van der Waals surface area contributed by atoms with Gasteiger partial charge in [0, 0.05) is 12.8 Å². The van der Waals surface area contributed by atoms with Crippen LogP contribution in [0.2, 0.25) is 0 Å². The summed E-state index contributed by atoms with van der Waals surface area (Å²) in [5, 5.41) is 9.99. The molecule has 1 aliphatic heterocycles. The monoisotopic (exact) mass is 234 g/mol. The Morgan fingerprint density at radius 2 is 2.18 bits per heavy atom. The van der Waals surface area contributed by atoms with Gasteiger partial charge in [-0.05, 0) is 24.5 Å². The second-order valence-electron chi connectivity index (χ2n) is 5.11. The normalized spacial score (nSPS) is 25.8. The number of rotatable bonds is 4. The van der Waals surface area contributed by atoms with Crippen LogP contribution in [0.15, 0.2) is 24.3 Å². The van der Waals surface area contributed by atoms with E-state index < -0.39 is 5.60 Å². The molecular formula is C14H18O3. The number of hydrogen-bond acceptors (Lipinski definition) is 3. The number of hydrogen-bond donors (Lipinski definition) is 1. The lowest BCUT2D eigenvalue weighted by Gasteiger charge is -2.17. The number of ether oxygens (including phenoxy) is 2. The largest absolute Gasteiger partial charge is 0.488 e. The van der Waals surface area contributed by atoms with Crippen molar-refractivity contribution in [1.29, 1.82) is 0 Å². The van der Waals surface area contributed by atoms with Crippen molar-refractivity contribution in [1.82, 2.24) is 0 Å². The van der Waals surface area contributed by atoms with Crippen molar-refractivity contribution in [3.05, 3.63) is 29.8 Å². The van der Waals surface area contributed by atoms with E-state index in [1.807, 2.05) is 24.3 Å². The fourth-order valence-corrected chi connectivity index (χ4v) is 2.23. The van der Waals surface area contributed by atoms with Crippen molar-refractivity contribution < 1.29 is 14.6 Å².